The van der Waals surface area contributed by atoms with E-state index in [1.807, 2.05) is 42.5 Å². The minimum atomic E-state index is -0.400. The highest BCUT2D eigenvalue weighted by molar-refractivity contribution is 5.80. The van der Waals surface area contributed by atoms with Crippen molar-refractivity contribution in [1.29, 1.82) is 0 Å². The van der Waals surface area contributed by atoms with Crippen LogP contribution in [0.4, 0.5) is 0 Å². The minimum absolute atomic E-state index is 0.0176. The smallest absolute Gasteiger partial charge is 0.223 e. The van der Waals surface area contributed by atoms with Gasteiger partial charge in [0.1, 0.15) is 5.75 Å². The number of rotatable bonds is 6. The predicted octanol–water partition coefficient (Wildman–Crippen LogP) is 3.04. The third-order valence-electron chi connectivity index (χ3n) is 4.78. The monoisotopic (exact) mass is 325 g/mol. The first-order chi connectivity index (χ1) is 11.7. The lowest BCUT2D eigenvalue weighted by Crippen LogP contribution is -2.40. The number of ether oxygens (including phenoxy) is 1. The van der Waals surface area contributed by atoms with Crippen LogP contribution < -0.4 is 10.1 Å². The first-order valence-corrected chi connectivity index (χ1v) is 8.31. The van der Waals surface area contributed by atoms with Gasteiger partial charge in [-0.1, -0.05) is 42.5 Å². The molecule has 2 N–H and O–H groups in total. The number of aliphatic hydroxyl groups is 1. The summed E-state index contributed by atoms with van der Waals surface area (Å²) in [6.45, 7) is -0.131. The van der Waals surface area contributed by atoms with Crippen LogP contribution in [0.5, 0.6) is 5.75 Å². The molecule has 3 rings (SSSR count). The molecular weight excluding hydrogens is 302 g/mol. The Kier molecular flexibility index (Phi) is 5.16. The number of aliphatic hydroxyl groups excluding tert-OH is 1. The Morgan fingerprint density at radius 3 is 2.62 bits per heavy atom. The summed E-state index contributed by atoms with van der Waals surface area (Å²) in [7, 11) is 1.60. The summed E-state index contributed by atoms with van der Waals surface area (Å²) in [5, 5.41) is 12.6. The van der Waals surface area contributed by atoms with E-state index in [4.69, 9.17) is 4.74 Å². The zero-order valence-corrected chi connectivity index (χ0v) is 13.8. The number of methoxy groups -OCH3 is 1. The summed E-state index contributed by atoms with van der Waals surface area (Å²) < 4.78 is 5.20. The van der Waals surface area contributed by atoms with Gasteiger partial charge in [-0.2, -0.15) is 0 Å². The van der Waals surface area contributed by atoms with E-state index in [0.29, 0.717) is 11.7 Å². The molecule has 0 saturated heterocycles. The second-order valence-electron chi connectivity index (χ2n) is 6.30. The molecule has 4 heteroatoms. The quantitative estimate of drug-likeness (QED) is 0.858. The molecule has 1 atom stereocenters. The molecule has 0 aromatic heterocycles. The van der Waals surface area contributed by atoms with E-state index < -0.39 is 6.04 Å². The van der Waals surface area contributed by atoms with Gasteiger partial charge in [0.05, 0.1) is 19.8 Å². The molecule has 2 aromatic rings. The third kappa shape index (κ3) is 3.60. The van der Waals surface area contributed by atoms with E-state index in [-0.39, 0.29) is 18.4 Å². The van der Waals surface area contributed by atoms with Crippen molar-refractivity contribution in [2.45, 2.75) is 24.8 Å². The maximum absolute atomic E-state index is 12.4. The molecule has 0 heterocycles. The van der Waals surface area contributed by atoms with Gasteiger partial charge in [0.25, 0.3) is 0 Å². The average Bonchev–Trinajstić information content (AvgIpc) is 2.59. The second kappa shape index (κ2) is 7.49. The average molecular weight is 325 g/mol. The number of hydrogen-bond donors (Lipinski definition) is 2. The Labute approximate surface area is 142 Å². The number of hydrogen-bond acceptors (Lipinski definition) is 3. The van der Waals surface area contributed by atoms with Crippen molar-refractivity contribution < 1.29 is 14.6 Å². The fourth-order valence-electron chi connectivity index (χ4n) is 3.21. The summed E-state index contributed by atoms with van der Waals surface area (Å²) in [4.78, 5) is 12.4. The van der Waals surface area contributed by atoms with E-state index in [2.05, 4.69) is 17.4 Å². The predicted molar refractivity (Wildman–Crippen MR) is 92.9 cm³/mol. The number of carbonyl (C=O) groups excluding carboxylic acids is 1. The minimum Gasteiger partial charge on any atom is -0.497 e. The molecule has 126 valence electrons. The van der Waals surface area contributed by atoms with Crippen molar-refractivity contribution in [3.8, 4) is 5.75 Å². The van der Waals surface area contributed by atoms with Gasteiger partial charge in [-0.3, -0.25) is 4.79 Å². The van der Waals surface area contributed by atoms with Crippen LogP contribution in [0.3, 0.4) is 0 Å². The van der Waals surface area contributed by atoms with Crippen LogP contribution in [-0.4, -0.2) is 24.7 Å². The second-order valence-corrected chi connectivity index (χ2v) is 6.30. The van der Waals surface area contributed by atoms with Gasteiger partial charge < -0.3 is 15.2 Å². The van der Waals surface area contributed by atoms with E-state index in [0.717, 1.165) is 18.4 Å². The van der Waals surface area contributed by atoms with E-state index >= 15 is 0 Å². The fraction of sp³-hybridized carbons (Fsp3) is 0.350. The van der Waals surface area contributed by atoms with Gasteiger partial charge in [0.15, 0.2) is 0 Å². The molecule has 0 aliphatic heterocycles. The normalized spacial score (nSPS) is 20.8. The van der Waals surface area contributed by atoms with Gasteiger partial charge in [0.2, 0.25) is 5.91 Å². The number of nitrogens with one attached hydrogen (secondary N) is 1. The summed E-state index contributed by atoms with van der Waals surface area (Å²) in [5.74, 6) is 1.22. The van der Waals surface area contributed by atoms with Gasteiger partial charge in [-0.05, 0) is 42.0 Å². The summed E-state index contributed by atoms with van der Waals surface area (Å²) in [5.41, 5.74) is 2.15. The van der Waals surface area contributed by atoms with E-state index in [9.17, 15) is 9.90 Å². The van der Waals surface area contributed by atoms with Crippen molar-refractivity contribution in [1.82, 2.24) is 5.32 Å². The molecule has 1 fully saturated rings. The highest BCUT2D eigenvalue weighted by Gasteiger charge is 2.35. The van der Waals surface area contributed by atoms with Crippen molar-refractivity contribution in [3.05, 3.63) is 65.7 Å². The molecule has 1 aliphatic rings. The summed E-state index contributed by atoms with van der Waals surface area (Å²) >= 11 is 0. The molecule has 0 radical (unpaired) electrons. The van der Waals surface area contributed by atoms with Gasteiger partial charge in [-0.15, -0.1) is 0 Å². The highest BCUT2D eigenvalue weighted by Crippen LogP contribution is 2.41. The van der Waals surface area contributed by atoms with Gasteiger partial charge in [-0.25, -0.2) is 0 Å². The van der Waals surface area contributed by atoms with Gasteiger partial charge in [0, 0.05) is 5.92 Å². The highest BCUT2D eigenvalue weighted by atomic mass is 16.5. The van der Waals surface area contributed by atoms with E-state index in [1.54, 1.807) is 7.11 Å². The molecule has 0 spiro atoms. The number of benzene rings is 2. The van der Waals surface area contributed by atoms with Crippen LogP contribution >= 0.6 is 0 Å². The van der Waals surface area contributed by atoms with Crippen molar-refractivity contribution in [2.75, 3.05) is 13.7 Å². The fourth-order valence-corrected chi connectivity index (χ4v) is 3.21. The van der Waals surface area contributed by atoms with Crippen molar-refractivity contribution in [3.63, 3.8) is 0 Å². The zero-order chi connectivity index (χ0) is 16.9. The van der Waals surface area contributed by atoms with Crippen molar-refractivity contribution in [2.24, 2.45) is 5.92 Å². The summed E-state index contributed by atoms with van der Waals surface area (Å²) in [6.07, 6.45) is 1.73. The lowest BCUT2D eigenvalue weighted by atomic mass is 9.71. The molecule has 4 nitrogen and oxygen atoms in total. The largest absolute Gasteiger partial charge is 0.497 e. The Balaban J connectivity index is 1.58. The van der Waals surface area contributed by atoms with E-state index in [1.165, 1.54) is 5.56 Å². The molecule has 0 unspecified atom stereocenters. The molecule has 1 amide bonds. The molecule has 2 aromatic carbocycles. The van der Waals surface area contributed by atoms with Crippen LogP contribution in [0.15, 0.2) is 54.6 Å². The maximum Gasteiger partial charge on any atom is 0.223 e. The molecule has 0 bridgehead atoms. The van der Waals surface area contributed by atoms with Crippen LogP contribution in [0.2, 0.25) is 0 Å². The van der Waals surface area contributed by atoms with Crippen LogP contribution in [-0.2, 0) is 4.79 Å². The molecule has 24 heavy (non-hydrogen) atoms. The summed E-state index contributed by atoms with van der Waals surface area (Å²) in [6, 6.07) is 17.3. The Morgan fingerprint density at radius 1 is 1.21 bits per heavy atom. The molecular formula is C20H23NO3. The molecule has 1 aliphatic carbocycles. The number of carbonyl (C=O) groups is 1. The maximum atomic E-state index is 12.4. The third-order valence-corrected chi connectivity index (χ3v) is 4.78. The van der Waals surface area contributed by atoms with Crippen molar-refractivity contribution >= 4 is 5.91 Å². The lowest BCUT2D eigenvalue weighted by molar-refractivity contribution is -0.129. The molecule has 1 saturated carbocycles. The zero-order valence-electron chi connectivity index (χ0n) is 13.8. The Morgan fingerprint density at radius 2 is 1.96 bits per heavy atom. The van der Waals surface area contributed by atoms with Crippen LogP contribution in [0.1, 0.15) is 35.9 Å². The SMILES string of the molecule is COc1cccc([C@H](CO)NC(=O)C2CC(c3ccccc3)C2)c1. The first-order valence-electron chi connectivity index (χ1n) is 8.31. The standard InChI is InChI=1S/C20H23NO3/c1-24-18-9-5-8-15(12-18)19(13-22)21-20(23)17-10-16(11-17)14-6-3-2-4-7-14/h2-9,12,16-17,19,22H,10-11,13H2,1H3,(H,21,23)/t16?,17?,19-/m0/s1. The van der Waals surface area contributed by atoms with Crippen LogP contribution in [0, 0.1) is 5.92 Å². The Bertz CT molecular complexity index is 680. The van der Waals surface area contributed by atoms with Crippen LogP contribution in [0.25, 0.3) is 0 Å². The van der Waals surface area contributed by atoms with Gasteiger partial charge >= 0.3 is 0 Å². The topological polar surface area (TPSA) is 58.6 Å². The Hall–Kier alpha value is -2.33. The first kappa shape index (κ1) is 16.5. The number of amides is 1. The lowest BCUT2D eigenvalue weighted by Gasteiger charge is -2.35.